The molecule has 246 valence electrons. The summed E-state index contributed by atoms with van der Waals surface area (Å²) in [6.07, 6.45) is 1.85. The number of imidazole rings is 1. The molecule has 5 heteroatoms. The number of aromatic nitrogens is 3. The average molecular weight is 828 g/mol. The third kappa shape index (κ3) is 6.08. The Labute approximate surface area is 307 Å². The van der Waals surface area contributed by atoms with Crippen molar-refractivity contribution in [1.29, 1.82) is 0 Å². The predicted octanol–water partition coefficient (Wildman–Crippen LogP) is 10.9. The Morgan fingerprint density at radius 1 is 0.600 bits per heavy atom. The molecule has 0 fully saturated rings. The van der Waals surface area contributed by atoms with E-state index in [1.165, 1.54) is 11.1 Å². The smallest absolute Gasteiger partial charge is 0.148 e. The first-order valence-electron chi connectivity index (χ1n) is 16.5. The number of hydrogen-bond donors (Lipinski definition) is 1. The number of benzene rings is 6. The summed E-state index contributed by atoms with van der Waals surface area (Å²) in [6, 6.07) is 57.2. The number of phenols is 1. The second-order valence-electron chi connectivity index (χ2n) is 12.8. The van der Waals surface area contributed by atoms with Gasteiger partial charge in [0.1, 0.15) is 11.6 Å². The summed E-state index contributed by atoms with van der Waals surface area (Å²) in [4.78, 5) is 9.94. The molecule has 0 saturated heterocycles. The van der Waals surface area contributed by atoms with E-state index in [4.69, 9.17) is 9.97 Å². The van der Waals surface area contributed by atoms with E-state index < -0.39 is 0 Å². The molecule has 0 aliphatic heterocycles. The van der Waals surface area contributed by atoms with Crippen LogP contribution in [-0.2, 0) is 26.5 Å². The van der Waals surface area contributed by atoms with Gasteiger partial charge in [0, 0.05) is 44.1 Å². The van der Waals surface area contributed by atoms with Crippen molar-refractivity contribution >= 4 is 11.0 Å². The fraction of sp³-hybridized carbons (Fsp3) is 0.0667. The topological polar surface area (TPSA) is 50.9 Å². The molecular weight excluding hydrogens is 794 g/mol. The van der Waals surface area contributed by atoms with Gasteiger partial charge >= 0.3 is 0 Å². The van der Waals surface area contributed by atoms with Crippen LogP contribution >= 0.6 is 0 Å². The van der Waals surface area contributed by atoms with E-state index in [9.17, 15) is 5.11 Å². The van der Waals surface area contributed by atoms with Crippen LogP contribution in [0.25, 0.3) is 61.6 Å². The Morgan fingerprint density at radius 2 is 1.24 bits per heavy atom. The standard InChI is InChI=1S/C45H34N3O.Pt/c1-45(2,35-17-7-4-8-18-35)36-23-25-37(26-24-36)48-41-21-12-20-38(43(41)47-44(48)39-19-9-10-22-42(39)49)33-15-11-16-34(29-33)40-30-32(27-28-46-40)31-13-5-3-6-14-31;/h3-28,30,49H,1-2H3;/q-1;. The fourth-order valence-corrected chi connectivity index (χ4v) is 6.63. The molecule has 6 aromatic carbocycles. The van der Waals surface area contributed by atoms with Crippen LogP contribution in [0.15, 0.2) is 164 Å². The summed E-state index contributed by atoms with van der Waals surface area (Å²) in [5.41, 5.74) is 11.6. The summed E-state index contributed by atoms with van der Waals surface area (Å²) in [5.74, 6) is 0.851. The van der Waals surface area contributed by atoms with Gasteiger partial charge in [0.2, 0.25) is 0 Å². The Morgan fingerprint density at radius 3 is 2.00 bits per heavy atom. The number of nitrogens with zero attached hydrogens (tertiary/aromatic N) is 3. The Kier molecular flexibility index (Phi) is 9.06. The Bertz CT molecular complexity index is 2420. The molecule has 8 aromatic rings. The largest absolute Gasteiger partial charge is 0.507 e. The van der Waals surface area contributed by atoms with Gasteiger partial charge in [0.25, 0.3) is 0 Å². The molecule has 0 aliphatic rings. The molecule has 0 radical (unpaired) electrons. The van der Waals surface area contributed by atoms with Crippen LogP contribution in [0.1, 0.15) is 25.0 Å². The van der Waals surface area contributed by atoms with Gasteiger partial charge in [-0.05, 0) is 58.7 Å². The molecule has 0 bridgehead atoms. The molecule has 0 spiro atoms. The molecule has 0 saturated carbocycles. The average Bonchev–Trinajstić information content (AvgIpc) is 3.55. The molecule has 2 aromatic heterocycles. The van der Waals surface area contributed by atoms with E-state index >= 15 is 0 Å². The van der Waals surface area contributed by atoms with Crippen LogP contribution in [0.3, 0.4) is 0 Å². The van der Waals surface area contributed by atoms with Gasteiger partial charge in [-0.2, -0.15) is 0 Å². The van der Waals surface area contributed by atoms with E-state index in [1.807, 2.05) is 60.8 Å². The summed E-state index contributed by atoms with van der Waals surface area (Å²) in [5, 5.41) is 11.0. The maximum atomic E-state index is 11.0. The third-order valence-electron chi connectivity index (χ3n) is 9.40. The number of para-hydroxylation sites is 2. The monoisotopic (exact) mass is 827 g/mol. The number of aromatic hydroxyl groups is 1. The fourth-order valence-electron chi connectivity index (χ4n) is 6.63. The minimum atomic E-state index is -0.166. The predicted molar refractivity (Wildman–Crippen MR) is 200 cm³/mol. The first kappa shape index (κ1) is 33.0. The minimum absolute atomic E-state index is 0. The van der Waals surface area contributed by atoms with Gasteiger partial charge < -0.3 is 5.11 Å². The van der Waals surface area contributed by atoms with Crippen LogP contribution in [0, 0.1) is 6.07 Å². The van der Waals surface area contributed by atoms with Crippen LogP contribution in [0.4, 0.5) is 0 Å². The van der Waals surface area contributed by atoms with Crippen LogP contribution in [0.5, 0.6) is 5.75 Å². The third-order valence-corrected chi connectivity index (χ3v) is 9.40. The summed E-state index contributed by atoms with van der Waals surface area (Å²) in [6.45, 7) is 4.50. The van der Waals surface area contributed by atoms with Crippen molar-refractivity contribution in [3.8, 4) is 56.3 Å². The zero-order valence-electron chi connectivity index (χ0n) is 27.7. The normalized spacial score (nSPS) is 11.3. The first-order chi connectivity index (χ1) is 24.0. The molecule has 0 aliphatic carbocycles. The van der Waals surface area contributed by atoms with E-state index in [-0.39, 0.29) is 32.2 Å². The molecule has 0 amide bonds. The Hall–Kier alpha value is -5.57. The van der Waals surface area contributed by atoms with Crippen LogP contribution in [-0.4, -0.2) is 19.6 Å². The molecule has 0 unspecified atom stereocenters. The maximum Gasteiger partial charge on any atom is 0.148 e. The molecule has 50 heavy (non-hydrogen) atoms. The van der Waals surface area contributed by atoms with Gasteiger partial charge in [-0.3, -0.25) is 9.55 Å². The van der Waals surface area contributed by atoms with E-state index in [2.05, 4.69) is 122 Å². The van der Waals surface area contributed by atoms with E-state index in [1.54, 1.807) is 6.07 Å². The molecular formula is C45H34N3OPt-. The van der Waals surface area contributed by atoms with Gasteiger partial charge in [-0.25, -0.2) is 4.98 Å². The van der Waals surface area contributed by atoms with Crippen molar-refractivity contribution in [2.24, 2.45) is 0 Å². The van der Waals surface area contributed by atoms with Crippen molar-refractivity contribution in [1.82, 2.24) is 14.5 Å². The Balaban J connectivity index is 0.00000392. The van der Waals surface area contributed by atoms with Crippen molar-refractivity contribution in [2.75, 3.05) is 0 Å². The zero-order valence-corrected chi connectivity index (χ0v) is 30.0. The van der Waals surface area contributed by atoms with Crippen molar-refractivity contribution in [3.63, 3.8) is 0 Å². The molecule has 8 rings (SSSR count). The first-order valence-corrected chi connectivity index (χ1v) is 16.5. The maximum absolute atomic E-state index is 11.0. The zero-order chi connectivity index (χ0) is 33.4. The summed E-state index contributed by atoms with van der Waals surface area (Å²) in [7, 11) is 0. The number of pyridine rings is 1. The molecule has 1 N–H and O–H groups in total. The summed E-state index contributed by atoms with van der Waals surface area (Å²) < 4.78 is 2.14. The van der Waals surface area contributed by atoms with Crippen molar-refractivity contribution in [3.05, 3.63) is 181 Å². The number of fused-ring (bicyclic) bond motifs is 1. The van der Waals surface area contributed by atoms with E-state index in [0.29, 0.717) is 11.4 Å². The minimum Gasteiger partial charge on any atom is -0.507 e. The van der Waals surface area contributed by atoms with Crippen molar-refractivity contribution < 1.29 is 26.2 Å². The molecule has 4 nitrogen and oxygen atoms in total. The second kappa shape index (κ2) is 13.7. The quantitative estimate of drug-likeness (QED) is 0.163. The summed E-state index contributed by atoms with van der Waals surface area (Å²) >= 11 is 0. The second-order valence-corrected chi connectivity index (χ2v) is 12.8. The van der Waals surface area contributed by atoms with Gasteiger partial charge in [0.05, 0.1) is 16.6 Å². The van der Waals surface area contributed by atoms with Crippen LogP contribution < -0.4 is 0 Å². The number of rotatable bonds is 7. The number of phenolic OH excluding ortho intramolecular Hbond substituents is 1. The van der Waals surface area contributed by atoms with E-state index in [0.717, 1.165) is 50.2 Å². The molecule has 2 heterocycles. The molecule has 0 atom stereocenters. The SMILES string of the molecule is CC(C)(c1ccccc1)c1ccc(-n2c(-c3ccccc3O)nc3c(-c4[c-]c(-c5cc(-c6ccccc6)ccn5)ccc4)cccc32)cc1.[Pt]. The number of hydrogen-bond acceptors (Lipinski definition) is 3. The van der Waals surface area contributed by atoms with Gasteiger partial charge in [-0.1, -0.05) is 128 Å². The van der Waals surface area contributed by atoms with Crippen molar-refractivity contribution in [2.45, 2.75) is 19.3 Å². The van der Waals surface area contributed by atoms with Crippen LogP contribution in [0.2, 0.25) is 0 Å². The van der Waals surface area contributed by atoms with Gasteiger partial charge in [-0.15, -0.1) is 29.8 Å². The van der Waals surface area contributed by atoms with Gasteiger partial charge in [0.15, 0.2) is 0 Å².